The van der Waals surface area contributed by atoms with Crippen molar-refractivity contribution in [1.82, 2.24) is 4.90 Å². The molecule has 0 bridgehead atoms. The fraction of sp³-hybridized carbons (Fsp3) is 0.556. The van der Waals surface area contributed by atoms with Gasteiger partial charge in [0.2, 0.25) is 0 Å². The lowest BCUT2D eigenvalue weighted by atomic mass is 10.1. The summed E-state index contributed by atoms with van der Waals surface area (Å²) in [4.78, 5) is 19.1. The molecule has 1 aromatic rings. The summed E-state index contributed by atoms with van der Waals surface area (Å²) in [5, 5.41) is 4.04. The number of anilines is 1. The summed E-state index contributed by atoms with van der Waals surface area (Å²) in [7, 11) is -2.93. The number of amides is 1. The van der Waals surface area contributed by atoms with E-state index < -0.39 is 9.84 Å². The fourth-order valence-electron chi connectivity index (χ4n) is 3.69. The molecule has 0 spiro atoms. The van der Waals surface area contributed by atoms with Gasteiger partial charge in [-0.15, -0.1) is 0 Å². The van der Waals surface area contributed by atoms with Crippen LogP contribution in [0.1, 0.15) is 36.0 Å². The topological polar surface area (TPSA) is 78.8 Å². The average molecular weight is 394 g/mol. The highest BCUT2D eigenvalue weighted by Crippen LogP contribution is 2.34. The Morgan fingerprint density at radius 1 is 1.08 bits per heavy atom. The quantitative estimate of drug-likeness (QED) is 0.835. The summed E-state index contributed by atoms with van der Waals surface area (Å²) in [6, 6.07) is 7.34. The van der Waals surface area contributed by atoms with E-state index in [9.17, 15) is 13.2 Å². The maximum Gasteiger partial charge on any atom is 0.253 e. The van der Waals surface area contributed by atoms with Crippen molar-refractivity contribution >= 4 is 38.4 Å². The number of likely N-dealkylation sites (tertiary alicyclic amines) is 1. The van der Waals surface area contributed by atoms with Gasteiger partial charge in [-0.3, -0.25) is 9.79 Å². The third-order valence-electron chi connectivity index (χ3n) is 5.09. The molecule has 1 amide bonds. The van der Waals surface area contributed by atoms with Crippen LogP contribution in [0.15, 0.2) is 29.3 Å². The minimum atomic E-state index is -2.93. The van der Waals surface area contributed by atoms with Crippen molar-refractivity contribution < 1.29 is 13.2 Å². The van der Waals surface area contributed by atoms with E-state index in [0.29, 0.717) is 5.56 Å². The van der Waals surface area contributed by atoms with Crippen molar-refractivity contribution in [2.45, 2.75) is 37.0 Å². The molecule has 2 saturated heterocycles. The lowest BCUT2D eigenvalue weighted by molar-refractivity contribution is 0.0761. The van der Waals surface area contributed by atoms with E-state index in [0.717, 1.165) is 36.8 Å². The summed E-state index contributed by atoms with van der Waals surface area (Å²) in [5.41, 5.74) is 1.58. The molecule has 2 fully saturated rings. The summed E-state index contributed by atoms with van der Waals surface area (Å²) in [5.74, 6) is 0.463. The number of hydrogen-bond donors (Lipinski definition) is 1. The number of carbonyl (C=O) groups is 1. The van der Waals surface area contributed by atoms with Crippen molar-refractivity contribution in [1.29, 1.82) is 0 Å². The zero-order chi connectivity index (χ0) is 18.1. The molecular weight excluding hydrogens is 370 g/mol. The zero-order valence-electron chi connectivity index (χ0n) is 14.6. The van der Waals surface area contributed by atoms with Crippen LogP contribution in [-0.2, 0) is 9.84 Å². The zero-order valence-corrected chi connectivity index (χ0v) is 16.2. The number of rotatable bonds is 2. The van der Waals surface area contributed by atoms with Crippen LogP contribution in [0.2, 0.25) is 0 Å². The molecule has 0 radical (unpaired) electrons. The Morgan fingerprint density at radius 2 is 1.77 bits per heavy atom. The number of hydrogen-bond acceptors (Lipinski definition) is 6. The van der Waals surface area contributed by atoms with Crippen LogP contribution >= 0.6 is 11.8 Å². The smallest absolute Gasteiger partial charge is 0.253 e. The van der Waals surface area contributed by atoms with Gasteiger partial charge in [-0.1, -0.05) is 24.6 Å². The van der Waals surface area contributed by atoms with Crippen LogP contribution in [0.3, 0.4) is 0 Å². The maximum absolute atomic E-state index is 12.6. The molecule has 2 atom stereocenters. The second-order valence-corrected chi connectivity index (χ2v) is 10.5. The molecule has 1 aromatic carbocycles. The minimum Gasteiger partial charge on any atom is -0.339 e. The molecule has 26 heavy (non-hydrogen) atoms. The molecule has 8 heteroatoms. The van der Waals surface area contributed by atoms with E-state index in [1.165, 1.54) is 24.6 Å². The molecule has 3 aliphatic rings. The third kappa shape index (κ3) is 3.91. The monoisotopic (exact) mass is 393 g/mol. The fourth-order valence-corrected chi connectivity index (χ4v) is 7.37. The average Bonchev–Trinajstić information content (AvgIpc) is 2.95. The molecular formula is C18H23N3O3S2. The van der Waals surface area contributed by atoms with Crippen LogP contribution in [0.25, 0.3) is 0 Å². The Hall–Kier alpha value is -1.54. The van der Waals surface area contributed by atoms with Gasteiger partial charge in [0, 0.05) is 29.6 Å². The number of nitrogens with zero attached hydrogens (tertiary/aromatic N) is 2. The van der Waals surface area contributed by atoms with Gasteiger partial charge in [0.15, 0.2) is 15.0 Å². The van der Waals surface area contributed by atoms with E-state index in [1.807, 2.05) is 29.2 Å². The third-order valence-corrected chi connectivity index (χ3v) is 8.24. The first-order valence-electron chi connectivity index (χ1n) is 9.11. The summed E-state index contributed by atoms with van der Waals surface area (Å²) in [6.07, 6.45) is 4.58. The van der Waals surface area contributed by atoms with Crippen molar-refractivity contribution in [2.24, 2.45) is 4.99 Å². The van der Waals surface area contributed by atoms with Gasteiger partial charge >= 0.3 is 0 Å². The van der Waals surface area contributed by atoms with Gasteiger partial charge in [0.1, 0.15) is 0 Å². The van der Waals surface area contributed by atoms with Crippen LogP contribution in [0, 0.1) is 0 Å². The number of aliphatic imine (C=N–C) groups is 1. The lowest BCUT2D eigenvalue weighted by Gasteiger charge is -2.20. The van der Waals surface area contributed by atoms with Gasteiger partial charge in [-0.25, -0.2) is 8.42 Å². The van der Waals surface area contributed by atoms with Crippen molar-refractivity contribution in [3.8, 4) is 0 Å². The molecule has 140 valence electrons. The normalized spacial score (nSPS) is 27.5. The van der Waals surface area contributed by atoms with E-state index in [-0.39, 0.29) is 28.7 Å². The predicted octanol–water partition coefficient (Wildman–Crippen LogP) is 2.38. The van der Waals surface area contributed by atoms with E-state index in [2.05, 4.69) is 10.3 Å². The number of benzene rings is 1. The van der Waals surface area contributed by atoms with Crippen LogP contribution in [-0.4, -0.2) is 60.3 Å². The second-order valence-electron chi connectivity index (χ2n) is 7.14. The van der Waals surface area contributed by atoms with Crippen LogP contribution < -0.4 is 5.32 Å². The largest absolute Gasteiger partial charge is 0.339 e. The van der Waals surface area contributed by atoms with Crippen LogP contribution in [0.5, 0.6) is 0 Å². The highest BCUT2D eigenvalue weighted by atomic mass is 32.2. The Labute approximate surface area is 158 Å². The predicted molar refractivity (Wildman–Crippen MR) is 106 cm³/mol. The Morgan fingerprint density at radius 3 is 2.42 bits per heavy atom. The summed E-state index contributed by atoms with van der Waals surface area (Å²) in [6.45, 7) is 1.69. The standard InChI is InChI=1S/C18H23N3O3S2/c22-17(21-9-3-1-2-4-10-21)13-5-7-14(8-6-13)19-18-20-15-11-26(23,24)12-16(15)25-18/h5-8,15-16H,1-4,9-12H2,(H,19,20)/t15-,16+/m0/s1. The summed E-state index contributed by atoms with van der Waals surface area (Å²) >= 11 is 1.50. The first kappa shape index (κ1) is 17.9. The van der Waals surface area contributed by atoms with E-state index >= 15 is 0 Å². The van der Waals surface area contributed by atoms with Crippen molar-refractivity contribution in [3.05, 3.63) is 29.8 Å². The second kappa shape index (κ2) is 7.23. The highest BCUT2D eigenvalue weighted by Gasteiger charge is 2.42. The molecule has 3 heterocycles. The Kier molecular flexibility index (Phi) is 4.96. The maximum atomic E-state index is 12.6. The molecule has 0 saturated carbocycles. The molecule has 1 N–H and O–H groups in total. The number of sulfone groups is 1. The van der Waals surface area contributed by atoms with Gasteiger partial charge in [0.25, 0.3) is 5.91 Å². The van der Waals surface area contributed by atoms with Gasteiger partial charge in [-0.05, 0) is 37.1 Å². The first-order chi connectivity index (χ1) is 12.5. The number of fused-ring (bicyclic) bond motifs is 1. The van der Waals surface area contributed by atoms with Gasteiger partial charge in [0.05, 0.1) is 17.5 Å². The molecule has 4 rings (SSSR count). The van der Waals surface area contributed by atoms with Gasteiger partial charge < -0.3 is 10.2 Å². The minimum absolute atomic E-state index is 0.0337. The van der Waals surface area contributed by atoms with E-state index in [4.69, 9.17) is 0 Å². The molecule has 0 unspecified atom stereocenters. The van der Waals surface area contributed by atoms with Crippen molar-refractivity contribution in [3.63, 3.8) is 0 Å². The van der Waals surface area contributed by atoms with Crippen LogP contribution in [0.4, 0.5) is 5.69 Å². The number of nitrogens with one attached hydrogen (secondary N) is 1. The highest BCUT2D eigenvalue weighted by molar-refractivity contribution is 8.15. The van der Waals surface area contributed by atoms with Gasteiger partial charge in [-0.2, -0.15) is 0 Å². The molecule has 0 aliphatic carbocycles. The lowest BCUT2D eigenvalue weighted by Crippen LogP contribution is -2.31. The number of thioether (sulfide) groups is 1. The van der Waals surface area contributed by atoms with Crippen molar-refractivity contribution in [2.75, 3.05) is 29.9 Å². The SMILES string of the molecule is O=C(c1ccc(NC2=N[C@H]3CS(=O)(=O)C[C@H]3S2)cc1)N1CCCCCC1. The molecule has 6 nitrogen and oxygen atoms in total. The Balaban J connectivity index is 1.38. The first-order valence-corrected chi connectivity index (χ1v) is 11.8. The number of carbonyl (C=O) groups excluding carboxylic acids is 1. The van der Waals surface area contributed by atoms with E-state index in [1.54, 1.807) is 0 Å². The summed E-state index contributed by atoms with van der Waals surface area (Å²) < 4.78 is 23.2. The molecule has 3 aliphatic heterocycles. The Bertz CT molecular complexity index is 813. The molecule has 0 aromatic heterocycles. The number of amidine groups is 1.